The van der Waals surface area contributed by atoms with Gasteiger partial charge in [-0.05, 0) is 29.0 Å². The first-order valence-electron chi connectivity index (χ1n) is 5.77. The summed E-state index contributed by atoms with van der Waals surface area (Å²) < 4.78 is 2.05. The van der Waals surface area contributed by atoms with Crippen molar-refractivity contribution in [3.63, 3.8) is 0 Å². The Labute approximate surface area is 110 Å². The zero-order chi connectivity index (χ0) is 12.4. The molecule has 0 amide bonds. The van der Waals surface area contributed by atoms with Crippen LogP contribution in [0.2, 0.25) is 5.28 Å². The van der Waals surface area contributed by atoms with Crippen molar-refractivity contribution in [2.75, 3.05) is 0 Å². The Morgan fingerprint density at radius 2 is 2.18 bits per heavy atom. The summed E-state index contributed by atoms with van der Waals surface area (Å²) in [6.07, 6.45) is 0.842. The van der Waals surface area contributed by atoms with Gasteiger partial charge in [-0.2, -0.15) is 0 Å². The first-order valence-corrected chi connectivity index (χ1v) is 7.03. The molecule has 0 saturated carbocycles. The molecule has 0 N–H and O–H groups in total. The van der Waals surface area contributed by atoms with Crippen molar-refractivity contribution in [2.24, 2.45) is 5.92 Å². The lowest BCUT2D eigenvalue weighted by Gasteiger charge is -2.23. The van der Waals surface area contributed by atoms with E-state index >= 15 is 0 Å². The molecule has 0 bridgehead atoms. The molecule has 17 heavy (non-hydrogen) atoms. The van der Waals surface area contributed by atoms with Gasteiger partial charge in [0.15, 0.2) is 0 Å². The van der Waals surface area contributed by atoms with E-state index in [2.05, 4.69) is 53.0 Å². The van der Waals surface area contributed by atoms with Crippen LogP contribution in [0, 0.1) is 5.92 Å². The molecule has 1 unspecified atom stereocenters. The molecule has 2 heterocycles. The standard InChI is InChI=1S/C12H16ClN3S/c1-4-10-14-15-12(13)16(10)11(8(2)3)9-6-5-7-17-9/h5-8,11H,4H2,1-3H3. The predicted molar refractivity (Wildman–Crippen MR) is 71.7 cm³/mol. The quantitative estimate of drug-likeness (QED) is 0.845. The van der Waals surface area contributed by atoms with E-state index < -0.39 is 0 Å². The molecule has 0 fully saturated rings. The maximum absolute atomic E-state index is 6.17. The summed E-state index contributed by atoms with van der Waals surface area (Å²) in [7, 11) is 0. The lowest BCUT2D eigenvalue weighted by atomic mass is 10.0. The van der Waals surface area contributed by atoms with Gasteiger partial charge in [0.05, 0.1) is 6.04 Å². The third kappa shape index (κ3) is 2.38. The molecule has 2 aromatic heterocycles. The SMILES string of the molecule is CCc1nnc(Cl)n1C(c1cccs1)C(C)C. The third-order valence-corrected chi connectivity index (χ3v) is 3.99. The highest BCUT2D eigenvalue weighted by molar-refractivity contribution is 7.10. The van der Waals surface area contributed by atoms with E-state index in [9.17, 15) is 0 Å². The molecule has 3 nitrogen and oxygen atoms in total. The molecule has 0 radical (unpaired) electrons. The second-order valence-corrected chi connectivity index (χ2v) is 5.63. The van der Waals surface area contributed by atoms with Gasteiger partial charge in [-0.3, -0.25) is 4.57 Å². The Balaban J connectivity index is 2.50. The minimum atomic E-state index is 0.229. The second kappa shape index (κ2) is 5.19. The fraction of sp³-hybridized carbons (Fsp3) is 0.500. The topological polar surface area (TPSA) is 30.7 Å². The summed E-state index contributed by atoms with van der Waals surface area (Å²) in [4.78, 5) is 1.30. The maximum atomic E-state index is 6.17. The normalized spacial score (nSPS) is 13.2. The summed E-state index contributed by atoms with van der Waals surface area (Å²) in [6.45, 7) is 6.46. The summed E-state index contributed by atoms with van der Waals surface area (Å²) in [6, 6.07) is 4.44. The van der Waals surface area contributed by atoms with Crippen molar-refractivity contribution in [3.8, 4) is 0 Å². The highest BCUT2D eigenvalue weighted by Gasteiger charge is 2.24. The Hall–Kier alpha value is -0.870. The average Bonchev–Trinajstić information content (AvgIpc) is 2.90. The molecule has 2 aromatic rings. The van der Waals surface area contributed by atoms with Crippen molar-refractivity contribution in [3.05, 3.63) is 33.5 Å². The number of rotatable bonds is 4. The molecule has 0 aliphatic rings. The van der Waals surface area contributed by atoms with Gasteiger partial charge >= 0.3 is 0 Å². The van der Waals surface area contributed by atoms with Crippen LogP contribution in [0.3, 0.4) is 0 Å². The average molecular weight is 270 g/mol. The third-order valence-electron chi connectivity index (χ3n) is 2.79. The van der Waals surface area contributed by atoms with E-state index in [1.54, 1.807) is 11.3 Å². The summed E-state index contributed by atoms with van der Waals surface area (Å²) in [5.74, 6) is 1.40. The van der Waals surface area contributed by atoms with Gasteiger partial charge in [0.1, 0.15) is 5.82 Å². The van der Waals surface area contributed by atoms with Crippen molar-refractivity contribution < 1.29 is 0 Å². The zero-order valence-corrected chi connectivity index (χ0v) is 11.8. The van der Waals surface area contributed by atoms with Gasteiger partial charge in [-0.1, -0.05) is 26.8 Å². The number of aromatic nitrogens is 3. The monoisotopic (exact) mass is 269 g/mol. The molecule has 5 heteroatoms. The van der Waals surface area contributed by atoms with Gasteiger partial charge in [0, 0.05) is 11.3 Å². The van der Waals surface area contributed by atoms with Crippen LogP contribution in [-0.4, -0.2) is 14.8 Å². The van der Waals surface area contributed by atoms with Crippen LogP contribution < -0.4 is 0 Å². The number of hydrogen-bond donors (Lipinski definition) is 0. The second-order valence-electron chi connectivity index (χ2n) is 4.31. The van der Waals surface area contributed by atoms with E-state index in [0.29, 0.717) is 11.2 Å². The number of halogens is 1. The zero-order valence-electron chi connectivity index (χ0n) is 10.2. The fourth-order valence-corrected chi connectivity index (χ4v) is 3.26. The van der Waals surface area contributed by atoms with Crippen molar-refractivity contribution in [1.29, 1.82) is 0 Å². The summed E-state index contributed by atoms with van der Waals surface area (Å²) in [5, 5.41) is 10.7. The predicted octanol–water partition coefficient (Wildman–Crippen LogP) is 3.80. The van der Waals surface area contributed by atoms with Crippen LogP contribution in [-0.2, 0) is 6.42 Å². The Kier molecular flexibility index (Phi) is 3.84. The largest absolute Gasteiger partial charge is 0.293 e. The van der Waals surface area contributed by atoms with E-state index in [-0.39, 0.29) is 6.04 Å². The summed E-state index contributed by atoms with van der Waals surface area (Å²) in [5.41, 5.74) is 0. The van der Waals surface area contributed by atoms with Crippen molar-refractivity contribution in [2.45, 2.75) is 33.2 Å². The van der Waals surface area contributed by atoms with Gasteiger partial charge < -0.3 is 0 Å². The van der Waals surface area contributed by atoms with Crippen molar-refractivity contribution >= 4 is 22.9 Å². The number of nitrogens with zero attached hydrogens (tertiary/aromatic N) is 3. The van der Waals surface area contributed by atoms with Crippen molar-refractivity contribution in [1.82, 2.24) is 14.8 Å². The molecule has 92 valence electrons. The molecular formula is C12H16ClN3S. The first kappa shape index (κ1) is 12.6. The van der Waals surface area contributed by atoms with E-state index in [1.165, 1.54) is 4.88 Å². The van der Waals surface area contributed by atoms with Gasteiger partial charge in [-0.25, -0.2) is 0 Å². The van der Waals surface area contributed by atoms with Gasteiger partial charge in [-0.15, -0.1) is 21.5 Å². The molecule has 0 aromatic carbocycles. The van der Waals surface area contributed by atoms with Gasteiger partial charge in [0.2, 0.25) is 5.28 Å². The molecule has 2 rings (SSSR count). The van der Waals surface area contributed by atoms with E-state index in [4.69, 9.17) is 11.6 Å². The van der Waals surface area contributed by atoms with E-state index in [0.717, 1.165) is 12.2 Å². The van der Waals surface area contributed by atoms with Crippen LogP contribution in [0.25, 0.3) is 0 Å². The Morgan fingerprint density at radius 1 is 1.41 bits per heavy atom. The highest BCUT2D eigenvalue weighted by atomic mass is 35.5. The fourth-order valence-electron chi connectivity index (χ4n) is 2.03. The van der Waals surface area contributed by atoms with Gasteiger partial charge in [0.25, 0.3) is 0 Å². The minimum Gasteiger partial charge on any atom is -0.293 e. The maximum Gasteiger partial charge on any atom is 0.225 e. The first-order chi connectivity index (χ1) is 8.15. The van der Waals surface area contributed by atoms with Crippen LogP contribution in [0.4, 0.5) is 0 Å². The molecule has 0 saturated heterocycles. The lowest BCUT2D eigenvalue weighted by Crippen LogP contribution is -2.18. The Morgan fingerprint density at radius 3 is 2.71 bits per heavy atom. The van der Waals surface area contributed by atoms with Crippen LogP contribution >= 0.6 is 22.9 Å². The number of hydrogen-bond acceptors (Lipinski definition) is 3. The van der Waals surface area contributed by atoms with Crippen LogP contribution in [0.5, 0.6) is 0 Å². The lowest BCUT2D eigenvalue weighted by molar-refractivity contribution is 0.431. The molecule has 0 aliphatic carbocycles. The highest BCUT2D eigenvalue weighted by Crippen LogP contribution is 2.33. The van der Waals surface area contributed by atoms with Crippen LogP contribution in [0.1, 0.15) is 37.5 Å². The molecule has 1 atom stereocenters. The number of thiophene rings is 1. The Bertz CT molecular complexity index is 476. The molecule has 0 aliphatic heterocycles. The van der Waals surface area contributed by atoms with Crippen LogP contribution in [0.15, 0.2) is 17.5 Å². The summed E-state index contributed by atoms with van der Waals surface area (Å²) >= 11 is 7.92. The number of aryl methyl sites for hydroxylation is 1. The minimum absolute atomic E-state index is 0.229. The molecular weight excluding hydrogens is 254 g/mol. The van der Waals surface area contributed by atoms with E-state index in [1.807, 2.05) is 0 Å². The smallest absolute Gasteiger partial charge is 0.225 e. The molecule has 0 spiro atoms.